The van der Waals surface area contributed by atoms with Gasteiger partial charge in [-0.2, -0.15) is 0 Å². The van der Waals surface area contributed by atoms with Crippen molar-refractivity contribution < 1.29 is 14.2 Å². The van der Waals surface area contributed by atoms with Gasteiger partial charge < -0.3 is 19.9 Å². The van der Waals surface area contributed by atoms with Crippen molar-refractivity contribution in [3.8, 4) is 22.2 Å². The summed E-state index contributed by atoms with van der Waals surface area (Å²) in [6, 6.07) is 13.3. The molecular weight excluding hydrogens is 434 g/mol. The number of ether oxygens (including phenoxy) is 3. The van der Waals surface area contributed by atoms with Gasteiger partial charge in [0.1, 0.15) is 23.2 Å². The summed E-state index contributed by atoms with van der Waals surface area (Å²) in [5.41, 5.74) is 9.06. The second-order valence-corrected chi connectivity index (χ2v) is 8.33. The molecule has 0 saturated heterocycles. The van der Waals surface area contributed by atoms with Crippen molar-refractivity contribution >= 4 is 39.7 Å². The lowest BCUT2D eigenvalue weighted by molar-refractivity contribution is 0.227. The van der Waals surface area contributed by atoms with Crippen molar-refractivity contribution in [2.45, 2.75) is 13.0 Å². The van der Waals surface area contributed by atoms with Crippen molar-refractivity contribution in [1.29, 1.82) is 0 Å². The Kier molecular flexibility index (Phi) is 5.80. The van der Waals surface area contributed by atoms with Crippen LogP contribution in [0.2, 0.25) is 5.02 Å². The number of fused-ring (bicyclic) bond motifs is 1. The van der Waals surface area contributed by atoms with Crippen LogP contribution in [-0.2, 0) is 0 Å². The number of thiophene rings is 1. The van der Waals surface area contributed by atoms with Gasteiger partial charge in [-0.3, -0.25) is 4.57 Å². The number of halogens is 1. The summed E-state index contributed by atoms with van der Waals surface area (Å²) in [6.07, 6.45) is 1.48. The van der Waals surface area contributed by atoms with Gasteiger partial charge in [-0.05, 0) is 13.0 Å². The van der Waals surface area contributed by atoms with Crippen molar-refractivity contribution in [2.24, 2.45) is 5.73 Å². The maximum atomic E-state index is 6.34. The molecule has 160 valence electrons. The molecule has 2 N–H and O–H groups in total. The fraction of sp³-hybridized carbons (Fsp3) is 0.174. The summed E-state index contributed by atoms with van der Waals surface area (Å²) in [5.74, 6) is 1.89. The lowest BCUT2D eigenvalue weighted by Crippen LogP contribution is -2.05. The summed E-state index contributed by atoms with van der Waals surface area (Å²) < 4.78 is 19.0. The van der Waals surface area contributed by atoms with Crippen LogP contribution in [0.4, 0.5) is 0 Å². The molecule has 6 nitrogen and oxygen atoms in total. The topological polar surface area (TPSA) is 71.5 Å². The van der Waals surface area contributed by atoms with Gasteiger partial charge in [-0.15, -0.1) is 11.3 Å². The van der Waals surface area contributed by atoms with Gasteiger partial charge in [0.15, 0.2) is 11.5 Å². The second-order valence-electron chi connectivity index (χ2n) is 6.90. The zero-order valence-electron chi connectivity index (χ0n) is 17.4. The monoisotopic (exact) mass is 455 g/mol. The largest absolute Gasteiger partial charge is 0.493 e. The number of hydrogen-bond donors (Lipinski definition) is 1. The van der Waals surface area contributed by atoms with Crippen molar-refractivity contribution in [3.63, 3.8) is 0 Å². The molecule has 0 radical (unpaired) electrons. The molecule has 31 heavy (non-hydrogen) atoms. The molecule has 2 aromatic heterocycles. The lowest BCUT2D eigenvalue weighted by Gasteiger charge is -2.16. The van der Waals surface area contributed by atoms with Crippen LogP contribution in [0.15, 0.2) is 55.4 Å². The van der Waals surface area contributed by atoms with Gasteiger partial charge in [0.05, 0.1) is 30.1 Å². The third-order valence-electron chi connectivity index (χ3n) is 4.91. The summed E-state index contributed by atoms with van der Waals surface area (Å²) in [7, 11) is 3.21. The van der Waals surface area contributed by atoms with E-state index in [0.717, 1.165) is 26.5 Å². The standard InChI is InChI=1S/C23H22ClN3O3S/c1-13(25)23-21(30-14(2)15-7-5-6-8-16(15)24)11-22(31-23)27-12-26-17-9-19(28-3)20(29-4)10-18(17)27/h5-12,14H,1,25H2,2-4H3/t14-/m1/s1. The quantitative estimate of drug-likeness (QED) is 0.379. The highest BCUT2D eigenvalue weighted by molar-refractivity contribution is 7.16. The fourth-order valence-corrected chi connectivity index (χ4v) is 4.61. The van der Waals surface area contributed by atoms with E-state index in [2.05, 4.69) is 11.6 Å². The highest BCUT2D eigenvalue weighted by Crippen LogP contribution is 2.40. The van der Waals surface area contributed by atoms with Crippen LogP contribution in [0.3, 0.4) is 0 Å². The predicted molar refractivity (Wildman–Crippen MR) is 126 cm³/mol. The molecule has 4 aromatic rings. The molecule has 0 unspecified atom stereocenters. The number of nitrogens with two attached hydrogens (primary N) is 1. The molecule has 0 amide bonds. The highest BCUT2D eigenvalue weighted by atomic mass is 35.5. The molecule has 0 spiro atoms. The van der Waals surface area contributed by atoms with Gasteiger partial charge in [0, 0.05) is 34.5 Å². The molecule has 0 fully saturated rings. The fourth-order valence-electron chi connectivity index (χ4n) is 3.36. The van der Waals surface area contributed by atoms with E-state index in [1.54, 1.807) is 20.5 Å². The van der Waals surface area contributed by atoms with Crippen LogP contribution in [0, 0.1) is 0 Å². The van der Waals surface area contributed by atoms with Crippen molar-refractivity contribution in [2.75, 3.05) is 14.2 Å². The van der Waals surface area contributed by atoms with E-state index in [4.69, 9.17) is 31.5 Å². The number of rotatable bonds is 7. The number of nitrogens with zero attached hydrogens (tertiary/aromatic N) is 2. The van der Waals surface area contributed by atoms with E-state index < -0.39 is 0 Å². The summed E-state index contributed by atoms with van der Waals surface area (Å²) >= 11 is 7.81. The Morgan fingerprint density at radius 1 is 1.13 bits per heavy atom. The summed E-state index contributed by atoms with van der Waals surface area (Å²) in [6.45, 7) is 5.86. The van der Waals surface area contributed by atoms with Crippen LogP contribution in [0.5, 0.6) is 17.2 Å². The number of methoxy groups -OCH3 is 2. The Labute approximate surface area is 189 Å². The molecule has 2 heterocycles. The molecule has 2 aromatic carbocycles. The van der Waals surface area contributed by atoms with E-state index in [-0.39, 0.29) is 6.10 Å². The third-order valence-corrected chi connectivity index (χ3v) is 6.45. The zero-order valence-corrected chi connectivity index (χ0v) is 19.0. The van der Waals surface area contributed by atoms with Crippen LogP contribution in [0.1, 0.15) is 23.5 Å². The summed E-state index contributed by atoms with van der Waals surface area (Å²) in [4.78, 5) is 5.27. The van der Waals surface area contributed by atoms with Gasteiger partial charge in [0.25, 0.3) is 0 Å². The number of imidazole rings is 1. The van der Waals surface area contributed by atoms with Gasteiger partial charge >= 0.3 is 0 Å². The highest BCUT2D eigenvalue weighted by Gasteiger charge is 2.19. The van der Waals surface area contributed by atoms with Crippen molar-refractivity contribution in [3.05, 3.63) is 70.8 Å². The smallest absolute Gasteiger partial charge is 0.163 e. The average molecular weight is 456 g/mol. The van der Waals surface area contributed by atoms with E-state index >= 15 is 0 Å². The molecule has 4 rings (SSSR count). The predicted octanol–water partition coefficient (Wildman–Crippen LogP) is 5.83. The molecular formula is C23H22ClN3O3S. The van der Waals surface area contributed by atoms with Crippen LogP contribution in [0.25, 0.3) is 21.7 Å². The zero-order chi connectivity index (χ0) is 22.1. The van der Waals surface area contributed by atoms with Crippen LogP contribution < -0.4 is 19.9 Å². The third kappa shape index (κ3) is 3.94. The Balaban J connectivity index is 1.76. The Morgan fingerprint density at radius 2 is 1.84 bits per heavy atom. The number of hydrogen-bond acceptors (Lipinski definition) is 6. The molecule has 0 aliphatic carbocycles. The average Bonchev–Trinajstić information content (AvgIpc) is 3.36. The molecule has 1 atom stereocenters. The minimum atomic E-state index is -0.266. The van der Waals surface area contributed by atoms with E-state index in [1.807, 2.05) is 54.0 Å². The molecule has 0 aliphatic rings. The first kappa shape index (κ1) is 21.1. The molecule has 0 saturated carbocycles. The normalized spacial score (nSPS) is 12.0. The van der Waals surface area contributed by atoms with Gasteiger partial charge in [-0.25, -0.2) is 4.98 Å². The van der Waals surface area contributed by atoms with Crippen LogP contribution in [-0.4, -0.2) is 23.8 Å². The summed E-state index contributed by atoms with van der Waals surface area (Å²) in [5, 5.41) is 1.54. The van der Waals surface area contributed by atoms with Crippen LogP contribution >= 0.6 is 22.9 Å². The van der Waals surface area contributed by atoms with E-state index in [1.165, 1.54) is 11.3 Å². The number of benzene rings is 2. The molecule has 0 aliphatic heterocycles. The first-order valence-electron chi connectivity index (χ1n) is 9.52. The van der Waals surface area contributed by atoms with Crippen molar-refractivity contribution in [1.82, 2.24) is 9.55 Å². The van der Waals surface area contributed by atoms with Gasteiger partial charge in [0.2, 0.25) is 0 Å². The molecule has 8 heteroatoms. The van der Waals surface area contributed by atoms with Gasteiger partial charge in [-0.1, -0.05) is 36.4 Å². The maximum Gasteiger partial charge on any atom is 0.163 e. The lowest BCUT2D eigenvalue weighted by atomic mass is 10.1. The Bertz CT molecular complexity index is 1260. The second kappa shape index (κ2) is 8.53. The maximum absolute atomic E-state index is 6.34. The van der Waals surface area contributed by atoms with E-state index in [0.29, 0.717) is 28.0 Å². The minimum Gasteiger partial charge on any atom is -0.493 e. The first-order chi connectivity index (χ1) is 14.9. The SMILES string of the molecule is C=C(N)c1sc(-n2cnc3cc(OC)c(OC)cc32)cc1O[C@H](C)c1ccccc1Cl. The Morgan fingerprint density at radius 3 is 2.52 bits per heavy atom. The first-order valence-corrected chi connectivity index (χ1v) is 10.7. The Hall–Kier alpha value is -3.16. The molecule has 0 bridgehead atoms. The number of aromatic nitrogens is 2. The van der Waals surface area contributed by atoms with E-state index in [9.17, 15) is 0 Å². The minimum absolute atomic E-state index is 0.266.